The quantitative estimate of drug-likeness (QED) is 0.785. The molecule has 0 saturated carbocycles. The second-order valence-corrected chi connectivity index (χ2v) is 4.55. The van der Waals surface area contributed by atoms with E-state index in [2.05, 4.69) is 15.9 Å². The summed E-state index contributed by atoms with van der Waals surface area (Å²) >= 11 is 3.40. The smallest absolute Gasteiger partial charge is 0.153 e. The van der Waals surface area contributed by atoms with E-state index in [1.54, 1.807) is 12.1 Å². The Hall–Kier alpha value is -1.61. The van der Waals surface area contributed by atoms with Crippen LogP contribution in [0.4, 0.5) is 0 Å². The highest BCUT2D eigenvalue weighted by molar-refractivity contribution is 9.10. The maximum atomic E-state index is 11.0. The van der Waals surface area contributed by atoms with Gasteiger partial charge >= 0.3 is 0 Å². The van der Waals surface area contributed by atoms with E-state index in [-0.39, 0.29) is 0 Å². The predicted molar refractivity (Wildman–Crippen MR) is 70.8 cm³/mol. The van der Waals surface area contributed by atoms with Crippen molar-refractivity contribution in [3.8, 4) is 11.5 Å². The molecule has 17 heavy (non-hydrogen) atoms. The van der Waals surface area contributed by atoms with Gasteiger partial charge in [0, 0.05) is 0 Å². The number of ether oxygens (including phenoxy) is 1. The third-order valence-electron chi connectivity index (χ3n) is 2.35. The van der Waals surface area contributed by atoms with Crippen LogP contribution in [-0.4, -0.2) is 6.29 Å². The number of hydrogen-bond acceptors (Lipinski definition) is 2. The van der Waals surface area contributed by atoms with Gasteiger partial charge in [-0.05, 0) is 47.1 Å². The first-order valence-electron chi connectivity index (χ1n) is 5.19. The van der Waals surface area contributed by atoms with Crippen molar-refractivity contribution >= 4 is 22.2 Å². The first kappa shape index (κ1) is 11.9. The van der Waals surface area contributed by atoms with Gasteiger partial charge in [-0.15, -0.1) is 0 Å². The van der Waals surface area contributed by atoms with Gasteiger partial charge in [0.25, 0.3) is 0 Å². The van der Waals surface area contributed by atoms with E-state index >= 15 is 0 Å². The van der Waals surface area contributed by atoms with Gasteiger partial charge in [0.05, 0.1) is 10.0 Å². The third-order valence-corrected chi connectivity index (χ3v) is 3.00. The van der Waals surface area contributed by atoms with Crippen LogP contribution >= 0.6 is 15.9 Å². The summed E-state index contributed by atoms with van der Waals surface area (Å²) in [7, 11) is 0. The van der Waals surface area contributed by atoms with Crippen molar-refractivity contribution in [2.24, 2.45) is 0 Å². The maximum absolute atomic E-state index is 11.0. The molecule has 0 atom stereocenters. The normalized spacial score (nSPS) is 10.0. The molecule has 86 valence electrons. The zero-order valence-corrected chi connectivity index (χ0v) is 10.9. The second kappa shape index (κ2) is 5.15. The molecule has 0 aromatic heterocycles. The van der Waals surface area contributed by atoms with E-state index in [0.29, 0.717) is 17.1 Å². The molecule has 2 aromatic carbocycles. The molecule has 0 aliphatic heterocycles. The molecule has 0 unspecified atom stereocenters. The second-order valence-electron chi connectivity index (χ2n) is 3.69. The monoisotopic (exact) mass is 290 g/mol. The van der Waals surface area contributed by atoms with Crippen molar-refractivity contribution < 1.29 is 9.53 Å². The summed E-state index contributed by atoms with van der Waals surface area (Å²) in [6, 6.07) is 13.1. The van der Waals surface area contributed by atoms with E-state index in [1.807, 2.05) is 37.3 Å². The van der Waals surface area contributed by atoms with Crippen LogP contribution in [0.25, 0.3) is 0 Å². The molecule has 2 rings (SSSR count). The van der Waals surface area contributed by atoms with Crippen LogP contribution in [0, 0.1) is 6.92 Å². The molecular formula is C14H11BrO2. The number of benzene rings is 2. The van der Waals surface area contributed by atoms with Gasteiger partial charge < -0.3 is 4.74 Å². The van der Waals surface area contributed by atoms with E-state index < -0.39 is 0 Å². The molecule has 0 N–H and O–H groups in total. The minimum atomic E-state index is 0.556. The molecule has 0 saturated heterocycles. The molecule has 0 aliphatic rings. The Kier molecular flexibility index (Phi) is 3.59. The van der Waals surface area contributed by atoms with Gasteiger partial charge in [-0.2, -0.15) is 0 Å². The number of para-hydroxylation sites is 1. The topological polar surface area (TPSA) is 26.3 Å². The van der Waals surface area contributed by atoms with Crippen LogP contribution in [0.5, 0.6) is 11.5 Å². The van der Waals surface area contributed by atoms with Crippen molar-refractivity contribution in [2.75, 3.05) is 0 Å². The number of hydrogen-bond donors (Lipinski definition) is 0. The Labute approximate surface area is 108 Å². The van der Waals surface area contributed by atoms with Gasteiger partial charge in [-0.1, -0.05) is 23.8 Å². The molecular weight excluding hydrogens is 280 g/mol. The summed E-state index contributed by atoms with van der Waals surface area (Å²) in [4.78, 5) is 11.0. The van der Waals surface area contributed by atoms with Gasteiger partial charge in [-0.3, -0.25) is 4.79 Å². The fourth-order valence-corrected chi connectivity index (χ4v) is 1.86. The number of aldehydes is 1. The standard InChI is InChI=1S/C14H11BrO2/c1-10-6-7-13(11(8-10)9-16)17-14-5-3-2-4-12(14)15/h2-9H,1H3. The molecule has 0 radical (unpaired) electrons. The number of carbonyl (C=O) groups is 1. The maximum Gasteiger partial charge on any atom is 0.153 e. The van der Waals surface area contributed by atoms with Crippen molar-refractivity contribution in [3.05, 3.63) is 58.1 Å². The van der Waals surface area contributed by atoms with Crippen LogP contribution in [0.15, 0.2) is 46.9 Å². The SMILES string of the molecule is Cc1ccc(Oc2ccccc2Br)c(C=O)c1. The molecule has 0 spiro atoms. The average Bonchev–Trinajstić information content (AvgIpc) is 2.34. The first-order valence-corrected chi connectivity index (χ1v) is 5.98. The molecule has 2 aromatic rings. The molecule has 0 aliphatic carbocycles. The van der Waals surface area contributed by atoms with Crippen molar-refractivity contribution in [3.63, 3.8) is 0 Å². The van der Waals surface area contributed by atoms with E-state index in [1.165, 1.54) is 0 Å². The van der Waals surface area contributed by atoms with Crippen LogP contribution in [0.2, 0.25) is 0 Å². The zero-order chi connectivity index (χ0) is 12.3. The summed E-state index contributed by atoms with van der Waals surface area (Å²) in [5, 5.41) is 0. The number of rotatable bonds is 3. The minimum Gasteiger partial charge on any atom is -0.455 e. The summed E-state index contributed by atoms with van der Waals surface area (Å²) in [6.07, 6.45) is 0.805. The summed E-state index contributed by atoms with van der Waals surface area (Å²) in [5.74, 6) is 1.26. The number of halogens is 1. The largest absolute Gasteiger partial charge is 0.455 e. The van der Waals surface area contributed by atoms with Crippen molar-refractivity contribution in [1.29, 1.82) is 0 Å². The molecule has 3 heteroatoms. The molecule has 0 fully saturated rings. The van der Waals surface area contributed by atoms with Crippen LogP contribution < -0.4 is 4.74 Å². The Balaban J connectivity index is 2.36. The Morgan fingerprint density at radius 3 is 2.59 bits per heavy atom. The van der Waals surface area contributed by atoms with Crippen LogP contribution in [-0.2, 0) is 0 Å². The summed E-state index contributed by atoms with van der Waals surface area (Å²) < 4.78 is 6.57. The Bertz CT molecular complexity index is 550. The average molecular weight is 291 g/mol. The third kappa shape index (κ3) is 2.74. The van der Waals surface area contributed by atoms with E-state index in [4.69, 9.17) is 4.74 Å². The number of aryl methyl sites for hydroxylation is 1. The van der Waals surface area contributed by atoms with E-state index in [9.17, 15) is 4.79 Å². The molecule has 2 nitrogen and oxygen atoms in total. The highest BCUT2D eigenvalue weighted by Crippen LogP contribution is 2.30. The Morgan fingerprint density at radius 1 is 1.12 bits per heavy atom. The summed E-state index contributed by atoms with van der Waals surface area (Å²) in [6.45, 7) is 1.94. The van der Waals surface area contributed by atoms with E-state index in [0.717, 1.165) is 16.3 Å². The van der Waals surface area contributed by atoms with Gasteiger partial charge in [0.15, 0.2) is 6.29 Å². The lowest BCUT2D eigenvalue weighted by Crippen LogP contribution is -1.91. The fraction of sp³-hybridized carbons (Fsp3) is 0.0714. The lowest BCUT2D eigenvalue weighted by atomic mass is 10.1. The first-order chi connectivity index (χ1) is 8.20. The lowest BCUT2D eigenvalue weighted by Gasteiger charge is -2.09. The lowest BCUT2D eigenvalue weighted by molar-refractivity contribution is 0.112. The van der Waals surface area contributed by atoms with Crippen LogP contribution in [0.3, 0.4) is 0 Å². The van der Waals surface area contributed by atoms with Crippen LogP contribution in [0.1, 0.15) is 15.9 Å². The minimum absolute atomic E-state index is 0.556. The predicted octanol–water partition coefficient (Wildman–Crippen LogP) is 4.36. The van der Waals surface area contributed by atoms with Gasteiger partial charge in [-0.25, -0.2) is 0 Å². The molecule has 0 heterocycles. The van der Waals surface area contributed by atoms with Crippen molar-refractivity contribution in [2.45, 2.75) is 6.92 Å². The molecule has 0 bridgehead atoms. The zero-order valence-electron chi connectivity index (χ0n) is 9.31. The van der Waals surface area contributed by atoms with Crippen molar-refractivity contribution in [1.82, 2.24) is 0 Å². The highest BCUT2D eigenvalue weighted by atomic mass is 79.9. The van der Waals surface area contributed by atoms with Gasteiger partial charge in [0.2, 0.25) is 0 Å². The summed E-state index contributed by atoms with van der Waals surface area (Å²) in [5.41, 5.74) is 1.59. The molecule has 0 amide bonds. The Morgan fingerprint density at radius 2 is 1.88 bits per heavy atom. The highest BCUT2D eigenvalue weighted by Gasteiger charge is 2.06. The van der Waals surface area contributed by atoms with Gasteiger partial charge in [0.1, 0.15) is 11.5 Å². The fourth-order valence-electron chi connectivity index (χ4n) is 1.50. The number of carbonyl (C=O) groups excluding carboxylic acids is 1.